The summed E-state index contributed by atoms with van der Waals surface area (Å²) in [6, 6.07) is 9.39. The van der Waals surface area contributed by atoms with Crippen LogP contribution in [0.3, 0.4) is 0 Å². The fourth-order valence-electron chi connectivity index (χ4n) is 4.46. The third-order valence-electron chi connectivity index (χ3n) is 5.86. The number of nitrogens with zero attached hydrogens (tertiary/aromatic N) is 2. The SMILES string of the molecule is COc1ccc(C2CC(=O)N(c3cc(Cl)ccc3[N+](=O)[O-])C3=C2C(=O)CCC3)cc1OC. The molecule has 0 radical (unpaired) electrons. The smallest absolute Gasteiger partial charge is 0.293 e. The lowest BCUT2D eigenvalue weighted by molar-refractivity contribution is -0.384. The maximum Gasteiger partial charge on any atom is 0.293 e. The van der Waals surface area contributed by atoms with Crippen LogP contribution in [-0.4, -0.2) is 30.8 Å². The first-order valence-electron chi connectivity index (χ1n) is 10.1. The number of methoxy groups -OCH3 is 2. The summed E-state index contributed by atoms with van der Waals surface area (Å²) in [7, 11) is 3.05. The highest BCUT2D eigenvalue weighted by molar-refractivity contribution is 6.31. The molecule has 166 valence electrons. The molecule has 4 rings (SSSR count). The van der Waals surface area contributed by atoms with E-state index in [4.69, 9.17) is 21.1 Å². The van der Waals surface area contributed by atoms with Gasteiger partial charge in [0, 0.05) is 41.1 Å². The van der Waals surface area contributed by atoms with Gasteiger partial charge in [0.15, 0.2) is 17.3 Å². The van der Waals surface area contributed by atoms with Gasteiger partial charge in [-0.2, -0.15) is 0 Å². The van der Waals surface area contributed by atoms with Crippen molar-refractivity contribution in [1.29, 1.82) is 0 Å². The Hall–Kier alpha value is -3.39. The molecule has 0 bridgehead atoms. The summed E-state index contributed by atoms with van der Waals surface area (Å²) in [6.07, 6.45) is 1.38. The Balaban J connectivity index is 1.89. The van der Waals surface area contributed by atoms with Crippen LogP contribution < -0.4 is 14.4 Å². The zero-order valence-electron chi connectivity index (χ0n) is 17.6. The molecule has 1 aliphatic heterocycles. The molecule has 0 saturated carbocycles. The summed E-state index contributed by atoms with van der Waals surface area (Å²) in [5.41, 5.74) is 1.61. The molecule has 1 heterocycles. The molecule has 0 saturated heterocycles. The van der Waals surface area contributed by atoms with Crippen LogP contribution in [-0.2, 0) is 9.59 Å². The highest BCUT2D eigenvalue weighted by Crippen LogP contribution is 2.46. The second-order valence-corrected chi connectivity index (χ2v) is 8.06. The molecule has 32 heavy (non-hydrogen) atoms. The van der Waals surface area contributed by atoms with Gasteiger partial charge in [-0.1, -0.05) is 17.7 Å². The van der Waals surface area contributed by atoms with E-state index < -0.39 is 10.8 Å². The molecule has 9 heteroatoms. The van der Waals surface area contributed by atoms with E-state index in [-0.39, 0.29) is 34.5 Å². The van der Waals surface area contributed by atoms with Crippen LogP contribution in [0, 0.1) is 10.1 Å². The molecule has 2 aromatic carbocycles. The Morgan fingerprint density at radius 3 is 2.50 bits per heavy atom. The molecule has 1 atom stereocenters. The van der Waals surface area contributed by atoms with Crippen LogP contribution in [0.2, 0.25) is 5.02 Å². The maximum absolute atomic E-state index is 13.4. The maximum atomic E-state index is 13.4. The number of hydrogen-bond acceptors (Lipinski definition) is 6. The quantitative estimate of drug-likeness (QED) is 0.473. The van der Waals surface area contributed by atoms with Crippen molar-refractivity contribution in [1.82, 2.24) is 0 Å². The number of ether oxygens (including phenoxy) is 2. The van der Waals surface area contributed by atoms with Crippen LogP contribution in [0.5, 0.6) is 11.5 Å². The third-order valence-corrected chi connectivity index (χ3v) is 6.10. The molecule has 0 fully saturated rings. The Morgan fingerprint density at radius 2 is 1.81 bits per heavy atom. The number of amides is 1. The second-order valence-electron chi connectivity index (χ2n) is 7.63. The van der Waals surface area contributed by atoms with Gasteiger partial charge in [-0.15, -0.1) is 0 Å². The summed E-state index contributed by atoms with van der Waals surface area (Å²) in [4.78, 5) is 38.8. The number of carbonyl (C=O) groups is 2. The van der Waals surface area contributed by atoms with Crippen molar-refractivity contribution in [3.05, 3.63) is 68.4 Å². The monoisotopic (exact) mass is 456 g/mol. The van der Waals surface area contributed by atoms with E-state index in [1.165, 1.54) is 37.3 Å². The minimum atomic E-state index is -0.551. The van der Waals surface area contributed by atoms with E-state index in [0.29, 0.717) is 42.0 Å². The number of hydrogen-bond donors (Lipinski definition) is 0. The van der Waals surface area contributed by atoms with E-state index in [2.05, 4.69) is 0 Å². The Morgan fingerprint density at radius 1 is 1.06 bits per heavy atom. The fraction of sp³-hybridized carbons (Fsp3) is 0.304. The number of nitro groups is 1. The lowest BCUT2D eigenvalue weighted by Crippen LogP contribution is -2.40. The van der Waals surface area contributed by atoms with Crippen molar-refractivity contribution < 1.29 is 24.0 Å². The van der Waals surface area contributed by atoms with Gasteiger partial charge in [-0.05, 0) is 42.7 Å². The van der Waals surface area contributed by atoms with Crippen LogP contribution in [0.25, 0.3) is 0 Å². The van der Waals surface area contributed by atoms with Crippen molar-refractivity contribution in [3.8, 4) is 11.5 Å². The number of anilines is 1. The van der Waals surface area contributed by atoms with Gasteiger partial charge in [0.05, 0.1) is 19.1 Å². The summed E-state index contributed by atoms with van der Waals surface area (Å²) >= 11 is 6.11. The van der Waals surface area contributed by atoms with E-state index in [9.17, 15) is 19.7 Å². The van der Waals surface area contributed by atoms with Crippen LogP contribution in [0.1, 0.15) is 37.2 Å². The van der Waals surface area contributed by atoms with Gasteiger partial charge in [0.2, 0.25) is 5.91 Å². The largest absolute Gasteiger partial charge is 0.493 e. The van der Waals surface area contributed by atoms with Gasteiger partial charge in [-0.25, -0.2) is 0 Å². The first-order chi connectivity index (χ1) is 15.3. The molecular weight excluding hydrogens is 436 g/mol. The standard InChI is InChI=1S/C23H21ClN2O6/c1-31-20-9-6-13(10-21(20)32-2)15-12-22(28)25(17-4-3-5-19(27)23(15)17)18-11-14(24)7-8-16(18)26(29)30/h6-11,15H,3-5,12H2,1-2H3. The number of benzene rings is 2. The normalized spacial score (nSPS) is 18.5. The van der Waals surface area contributed by atoms with Gasteiger partial charge in [-0.3, -0.25) is 24.6 Å². The van der Waals surface area contributed by atoms with Crippen molar-refractivity contribution in [2.45, 2.75) is 31.6 Å². The first kappa shape index (κ1) is 21.8. The molecule has 2 aliphatic rings. The van der Waals surface area contributed by atoms with Crippen molar-refractivity contribution in [2.24, 2.45) is 0 Å². The topological polar surface area (TPSA) is 99.0 Å². The van der Waals surface area contributed by atoms with E-state index in [1.807, 2.05) is 6.07 Å². The van der Waals surface area contributed by atoms with Crippen molar-refractivity contribution >= 4 is 34.7 Å². The van der Waals surface area contributed by atoms with Crippen molar-refractivity contribution in [3.63, 3.8) is 0 Å². The lowest BCUT2D eigenvalue weighted by atomic mass is 9.77. The molecule has 2 aromatic rings. The second kappa shape index (κ2) is 8.63. The average molecular weight is 457 g/mol. The predicted molar refractivity (Wildman–Crippen MR) is 118 cm³/mol. The molecular formula is C23H21ClN2O6. The summed E-state index contributed by atoms with van der Waals surface area (Å²) in [5.74, 6) is 0.172. The van der Waals surface area contributed by atoms with Gasteiger partial charge in [0.1, 0.15) is 5.69 Å². The molecule has 0 aromatic heterocycles. The Labute approximate surface area is 189 Å². The number of halogens is 1. The molecule has 1 aliphatic carbocycles. The van der Waals surface area contributed by atoms with Gasteiger partial charge in [0.25, 0.3) is 5.69 Å². The highest BCUT2D eigenvalue weighted by atomic mass is 35.5. The first-order valence-corrected chi connectivity index (χ1v) is 10.5. The fourth-order valence-corrected chi connectivity index (χ4v) is 4.62. The summed E-state index contributed by atoms with van der Waals surface area (Å²) < 4.78 is 10.7. The van der Waals surface area contributed by atoms with Crippen molar-refractivity contribution in [2.75, 3.05) is 19.1 Å². The number of ketones is 1. The minimum Gasteiger partial charge on any atom is -0.493 e. The molecule has 0 spiro atoms. The molecule has 0 N–H and O–H groups in total. The summed E-state index contributed by atoms with van der Waals surface area (Å²) in [6.45, 7) is 0. The predicted octanol–water partition coefficient (Wildman–Crippen LogP) is 4.79. The third kappa shape index (κ3) is 3.71. The average Bonchev–Trinajstić information content (AvgIpc) is 2.77. The van der Waals surface area contributed by atoms with E-state index in [0.717, 1.165) is 5.56 Å². The lowest BCUT2D eigenvalue weighted by Gasteiger charge is -2.38. The molecule has 1 unspecified atom stereocenters. The molecule has 1 amide bonds. The van der Waals surface area contributed by atoms with Gasteiger partial charge < -0.3 is 9.47 Å². The van der Waals surface area contributed by atoms with Gasteiger partial charge >= 0.3 is 0 Å². The number of Topliss-reactive ketones (excluding diaryl/α,β-unsaturated/α-hetero) is 1. The highest BCUT2D eigenvalue weighted by Gasteiger charge is 2.41. The number of rotatable bonds is 5. The number of carbonyl (C=O) groups excluding carboxylic acids is 2. The number of allylic oxidation sites excluding steroid dienone is 2. The molecule has 8 nitrogen and oxygen atoms in total. The zero-order valence-corrected chi connectivity index (χ0v) is 18.3. The minimum absolute atomic E-state index is 0.0102. The van der Waals surface area contributed by atoms with Crippen LogP contribution in [0.4, 0.5) is 11.4 Å². The zero-order chi connectivity index (χ0) is 23.0. The Bertz CT molecular complexity index is 1160. The van der Waals surface area contributed by atoms with Crippen LogP contribution >= 0.6 is 11.6 Å². The van der Waals surface area contributed by atoms with Crippen LogP contribution in [0.15, 0.2) is 47.7 Å². The number of nitro benzene ring substituents is 1. The Kier molecular flexibility index (Phi) is 5.88. The van der Waals surface area contributed by atoms with E-state index in [1.54, 1.807) is 12.1 Å². The summed E-state index contributed by atoms with van der Waals surface area (Å²) in [5, 5.41) is 11.9. The van der Waals surface area contributed by atoms with E-state index >= 15 is 0 Å².